The predicted octanol–water partition coefficient (Wildman–Crippen LogP) is 2.39. The molecule has 0 spiro atoms. The van der Waals surface area contributed by atoms with Crippen molar-refractivity contribution in [1.29, 1.82) is 0 Å². The first-order valence-corrected chi connectivity index (χ1v) is 5.02. The highest BCUT2D eigenvalue weighted by Crippen LogP contribution is 2.36. The van der Waals surface area contributed by atoms with E-state index in [1.807, 2.05) is 0 Å². The maximum atomic E-state index is 11.5. The van der Waals surface area contributed by atoms with E-state index in [1.54, 1.807) is 6.07 Å². The number of halogens is 1. The van der Waals surface area contributed by atoms with Gasteiger partial charge >= 0.3 is 5.97 Å². The number of benzene rings is 1. The molecule has 0 aromatic heterocycles. The van der Waals surface area contributed by atoms with Gasteiger partial charge in [0.1, 0.15) is 7.43 Å². The molecule has 2 N–H and O–H groups in total. The molecule has 4 heteroatoms. The first kappa shape index (κ1) is 6.03. The van der Waals surface area contributed by atoms with Crippen LogP contribution < -0.4 is 5.31 Å². The van der Waals surface area contributed by atoms with E-state index in [1.165, 1.54) is 25.1 Å². The van der Waals surface area contributed by atoms with Crippen LogP contribution in [0.15, 0.2) is 24.3 Å². The molecule has 0 radical (unpaired) electrons. The highest BCUT2D eigenvalue weighted by atomic mass is 35.5. The number of rotatable bonds is 2. The first-order chi connectivity index (χ1) is 9.86. The van der Waals surface area contributed by atoms with Crippen molar-refractivity contribution in [2.24, 2.45) is 0 Å². The zero-order valence-corrected chi connectivity index (χ0v) is 9.25. The molecule has 1 aliphatic rings. The molecule has 1 aromatic carbocycles. The topological polar surface area (TPSA) is 49.3 Å². The molecule has 3 nitrogen and oxygen atoms in total. The van der Waals surface area contributed by atoms with Gasteiger partial charge in [-0.3, -0.25) is 10.1 Å². The predicted molar refractivity (Wildman–Crippen MR) is 62.6 cm³/mol. The summed E-state index contributed by atoms with van der Waals surface area (Å²) in [5.74, 6) is -1.94. The summed E-state index contributed by atoms with van der Waals surface area (Å²) in [4.78, 5) is 11.5. The molecule has 86 valence electrons. The summed E-state index contributed by atoms with van der Waals surface area (Å²) in [6, 6.07) is 2.81. The smallest absolute Gasteiger partial charge is 0.320 e. The molecule has 1 saturated heterocycles. The summed E-state index contributed by atoms with van der Waals surface area (Å²) >= 11 is 6.04. The van der Waals surface area contributed by atoms with Crippen molar-refractivity contribution >= 4 is 17.6 Å². The van der Waals surface area contributed by atoms with Crippen LogP contribution in [0.1, 0.15) is 32.1 Å². The van der Waals surface area contributed by atoms with E-state index in [4.69, 9.17) is 19.9 Å². The van der Waals surface area contributed by atoms with Crippen LogP contribution in [-0.4, -0.2) is 17.1 Å². The number of carbonyl (C=O) groups is 1. The summed E-state index contributed by atoms with van der Waals surface area (Å²) in [6.07, 6.45) is -6.01. The number of hydrogen-bond donors (Lipinski definition) is 2. The van der Waals surface area contributed by atoms with Crippen LogP contribution in [0.2, 0.25) is 6.43 Å². The van der Waals surface area contributed by atoms with Gasteiger partial charge in [0.15, 0.2) is 0 Å². The van der Waals surface area contributed by atoms with Crippen molar-refractivity contribution in [2.45, 2.75) is 31.2 Å². The number of carboxylic acid groups (broad SMARTS) is 1. The van der Waals surface area contributed by atoms with E-state index in [0.717, 1.165) is 0 Å². The Bertz CT molecular complexity index is 642. The Labute approximate surface area is 108 Å². The van der Waals surface area contributed by atoms with E-state index in [-0.39, 0.29) is 15.9 Å². The molecule has 0 bridgehead atoms. The van der Waals surface area contributed by atoms with Crippen molar-refractivity contribution in [2.75, 3.05) is 0 Å². The van der Waals surface area contributed by atoms with E-state index in [2.05, 4.69) is 0 Å². The molecular weight excluding hydrogens is 226 g/mol. The van der Waals surface area contributed by atoms with E-state index >= 15 is 0 Å². The zero-order chi connectivity index (χ0) is 17.1. The van der Waals surface area contributed by atoms with Gasteiger partial charge in [0, 0.05) is 16.0 Å². The molecule has 0 aliphatic carbocycles. The van der Waals surface area contributed by atoms with Gasteiger partial charge in [-0.15, -0.1) is 0 Å². The standard InChI is InChI=1S/C12H14ClNO2/c1-12(7-6-10(14-12)11(15)16)8-4-2-3-5-9(8)13/h2-5,10,14H,6-7H2,1H3,(H,15,16)/t10-,12+/m0/s1/i6D2,7D2,10D/hD. The fraction of sp³-hybridized carbons (Fsp3) is 0.417. The Morgan fingerprint density at radius 2 is 2.50 bits per heavy atom. The molecule has 1 heterocycles. The first-order valence-electron chi connectivity index (χ1n) is 7.59. The van der Waals surface area contributed by atoms with Gasteiger partial charge in [-0.25, -0.2) is 0 Å². The van der Waals surface area contributed by atoms with Gasteiger partial charge in [0.25, 0.3) is 0 Å². The van der Waals surface area contributed by atoms with Crippen LogP contribution >= 0.6 is 11.6 Å². The Balaban J connectivity index is 2.83. The van der Waals surface area contributed by atoms with E-state index < -0.39 is 30.3 Å². The summed E-state index contributed by atoms with van der Waals surface area (Å²) in [5.41, 5.74) is -2.01. The van der Waals surface area contributed by atoms with Crippen LogP contribution in [0.25, 0.3) is 0 Å². The van der Waals surface area contributed by atoms with Crippen LogP contribution in [-0.2, 0) is 10.3 Å². The van der Waals surface area contributed by atoms with Crippen molar-refractivity contribution in [1.82, 2.24) is 5.31 Å². The van der Waals surface area contributed by atoms with Crippen LogP contribution in [0, 0.1) is 0 Å². The Morgan fingerprint density at radius 1 is 1.81 bits per heavy atom. The minimum atomic E-state index is -3.15. The lowest BCUT2D eigenvalue weighted by Crippen LogP contribution is -2.41. The lowest BCUT2D eigenvalue weighted by molar-refractivity contribution is -0.139. The third-order valence-electron chi connectivity index (χ3n) is 2.36. The summed E-state index contributed by atoms with van der Waals surface area (Å²) in [6.45, 7) is 1.18. The van der Waals surface area contributed by atoms with Gasteiger partial charge in [-0.05, 0) is 31.3 Å². The lowest BCUT2D eigenvalue weighted by atomic mass is 9.90. The zero-order valence-electron chi connectivity index (χ0n) is 14.5. The molecule has 1 aliphatic heterocycles. The second kappa shape index (κ2) is 4.07. The molecular formula is C12H14ClNO2. The van der Waals surface area contributed by atoms with Crippen molar-refractivity contribution in [3.05, 3.63) is 34.9 Å². The summed E-state index contributed by atoms with van der Waals surface area (Å²) in [5, 5.41) is 9.49. The van der Waals surface area contributed by atoms with Gasteiger partial charge in [0.2, 0.25) is 0 Å². The Morgan fingerprint density at radius 3 is 3.06 bits per heavy atom. The lowest BCUT2D eigenvalue weighted by Gasteiger charge is -2.26. The summed E-state index contributed by atoms with van der Waals surface area (Å²) in [7, 11) is 0. The minimum Gasteiger partial charge on any atom is -0.480 e. The third kappa shape index (κ3) is 1.93. The van der Waals surface area contributed by atoms with Crippen molar-refractivity contribution in [3.8, 4) is 0 Å². The maximum Gasteiger partial charge on any atom is 0.320 e. The Hall–Kier alpha value is -1.06. The van der Waals surface area contributed by atoms with Crippen LogP contribution in [0.3, 0.4) is 0 Å². The van der Waals surface area contributed by atoms with Crippen molar-refractivity contribution in [3.63, 3.8) is 0 Å². The number of carboxylic acids is 1. The number of hydrogen-bond acceptors (Lipinski definition) is 2. The quantitative estimate of drug-likeness (QED) is 0.841. The average Bonchev–Trinajstić information content (AvgIpc) is 2.51. The number of nitrogens with one attached hydrogen (secondary N) is 1. The molecule has 0 saturated carbocycles. The van der Waals surface area contributed by atoms with Crippen LogP contribution in [0.5, 0.6) is 0 Å². The van der Waals surface area contributed by atoms with E-state index in [9.17, 15) is 9.90 Å². The average molecular weight is 246 g/mol. The molecule has 2 rings (SSSR count). The van der Waals surface area contributed by atoms with Crippen molar-refractivity contribution < 1.29 is 18.2 Å². The van der Waals surface area contributed by atoms with Gasteiger partial charge in [-0.1, -0.05) is 29.8 Å². The maximum absolute atomic E-state index is 11.5. The molecule has 0 unspecified atom stereocenters. The van der Waals surface area contributed by atoms with Gasteiger partial charge in [-0.2, -0.15) is 0 Å². The minimum absolute atomic E-state index is 0.0518. The highest BCUT2D eigenvalue weighted by molar-refractivity contribution is 6.31. The van der Waals surface area contributed by atoms with Crippen LogP contribution in [0.4, 0.5) is 0 Å². The summed E-state index contributed by atoms with van der Waals surface area (Å²) < 4.78 is 48.1. The molecule has 16 heavy (non-hydrogen) atoms. The number of aliphatic carboxylic acids is 1. The second-order valence-corrected chi connectivity index (χ2v) is 3.97. The third-order valence-corrected chi connectivity index (χ3v) is 2.69. The fourth-order valence-corrected chi connectivity index (χ4v) is 1.86. The van der Waals surface area contributed by atoms with E-state index in [0.29, 0.717) is 0 Å². The largest absolute Gasteiger partial charge is 0.480 e. The Kier molecular flexibility index (Phi) is 1.54. The second-order valence-electron chi connectivity index (χ2n) is 3.57. The molecule has 0 amide bonds. The highest BCUT2D eigenvalue weighted by Gasteiger charge is 2.39. The fourth-order valence-electron chi connectivity index (χ4n) is 1.55. The monoisotopic (exact) mass is 245 g/mol. The molecule has 1 aromatic rings. The van der Waals surface area contributed by atoms with Gasteiger partial charge < -0.3 is 5.11 Å². The van der Waals surface area contributed by atoms with Gasteiger partial charge in [0.05, 0.1) is 1.37 Å². The normalized spacial score (nSPS) is 46.9. The molecule has 1 fully saturated rings. The molecule has 2 atom stereocenters. The SMILES string of the molecule is [2H]N1[C@]([2H])(C(=O)O)C([2H])([2H])C([2H])([2H])[C@]1(C)c1ccccc1Cl.